The van der Waals surface area contributed by atoms with Crippen molar-refractivity contribution in [2.75, 3.05) is 19.0 Å². The molecule has 1 amide bonds. The number of hydrogen-bond acceptors (Lipinski definition) is 3. The van der Waals surface area contributed by atoms with Crippen LogP contribution in [0.2, 0.25) is 5.02 Å². The first kappa shape index (κ1) is 16.3. The van der Waals surface area contributed by atoms with Crippen molar-refractivity contribution in [3.8, 4) is 0 Å². The van der Waals surface area contributed by atoms with Crippen molar-refractivity contribution in [3.63, 3.8) is 0 Å². The number of nitrogens with one attached hydrogen (secondary N) is 1. The van der Waals surface area contributed by atoms with Crippen molar-refractivity contribution in [2.45, 2.75) is 12.1 Å². The zero-order chi connectivity index (χ0) is 16.1. The van der Waals surface area contributed by atoms with Gasteiger partial charge in [0.05, 0.1) is 16.8 Å². The molecule has 0 bridgehead atoms. The first-order valence-electron chi connectivity index (χ1n) is 6.98. The number of benzene rings is 2. The van der Waals surface area contributed by atoms with Gasteiger partial charge >= 0.3 is 0 Å². The molecule has 0 heterocycles. The number of hydrogen-bond donors (Lipinski definition) is 2. The number of halogens is 1. The average molecular weight is 319 g/mol. The summed E-state index contributed by atoms with van der Waals surface area (Å²) < 4.78 is 0. The minimum absolute atomic E-state index is 0.437. The van der Waals surface area contributed by atoms with E-state index in [9.17, 15) is 9.90 Å². The summed E-state index contributed by atoms with van der Waals surface area (Å²) in [6.07, 6.45) is -1.21. The van der Waals surface area contributed by atoms with Crippen LogP contribution >= 0.6 is 11.6 Å². The lowest BCUT2D eigenvalue weighted by Crippen LogP contribution is -2.43. The maximum atomic E-state index is 11.9. The largest absolute Gasteiger partial charge is 0.381 e. The van der Waals surface area contributed by atoms with Gasteiger partial charge < -0.3 is 15.3 Å². The van der Waals surface area contributed by atoms with Crippen LogP contribution in [0.3, 0.4) is 0 Å². The third-order valence-electron chi connectivity index (χ3n) is 3.60. The van der Waals surface area contributed by atoms with E-state index in [4.69, 9.17) is 11.6 Å². The summed E-state index contributed by atoms with van der Waals surface area (Å²) in [4.78, 5) is 13.7. The number of nitrogens with zero attached hydrogens (tertiary/aromatic N) is 1. The number of anilines is 1. The molecule has 0 aliphatic rings. The van der Waals surface area contributed by atoms with Crippen LogP contribution in [-0.2, 0) is 4.79 Å². The maximum absolute atomic E-state index is 11.9. The number of para-hydroxylation sites is 1. The standard InChI is InChI=1S/C17H19ClN2O2/c1-19-17(22)16(21)15(12-8-4-3-5-9-12)20(2)14-11-7-6-10-13(14)18/h3-11,15-16,21H,1-2H3,(H,19,22). The van der Waals surface area contributed by atoms with Crippen molar-refractivity contribution in [2.24, 2.45) is 0 Å². The molecule has 2 rings (SSSR count). The zero-order valence-corrected chi connectivity index (χ0v) is 13.3. The van der Waals surface area contributed by atoms with Crippen LogP contribution in [0.4, 0.5) is 5.69 Å². The van der Waals surface area contributed by atoms with Gasteiger partial charge in [-0.05, 0) is 17.7 Å². The molecular weight excluding hydrogens is 300 g/mol. The van der Waals surface area contributed by atoms with Gasteiger partial charge in [0.2, 0.25) is 0 Å². The Morgan fingerprint density at radius 2 is 1.73 bits per heavy atom. The predicted molar refractivity (Wildman–Crippen MR) is 89.1 cm³/mol. The van der Waals surface area contributed by atoms with E-state index in [0.29, 0.717) is 5.02 Å². The Bertz CT molecular complexity index is 634. The summed E-state index contributed by atoms with van der Waals surface area (Å²) in [5.41, 5.74) is 1.59. The van der Waals surface area contributed by atoms with Crippen LogP contribution in [0.25, 0.3) is 0 Å². The number of likely N-dealkylation sites (N-methyl/N-ethyl adjacent to an activating group) is 2. The molecule has 5 heteroatoms. The van der Waals surface area contributed by atoms with Gasteiger partial charge in [0.25, 0.3) is 5.91 Å². The molecule has 2 atom stereocenters. The van der Waals surface area contributed by atoms with E-state index in [-0.39, 0.29) is 0 Å². The number of carbonyl (C=O) groups excluding carboxylic acids is 1. The van der Waals surface area contributed by atoms with Crippen LogP contribution in [0, 0.1) is 0 Å². The molecule has 0 aromatic heterocycles. The molecule has 4 nitrogen and oxygen atoms in total. The Morgan fingerprint density at radius 3 is 2.32 bits per heavy atom. The van der Waals surface area contributed by atoms with Crippen molar-refractivity contribution in [3.05, 3.63) is 65.2 Å². The second-order valence-electron chi connectivity index (χ2n) is 4.98. The number of aliphatic hydroxyl groups excluding tert-OH is 1. The summed E-state index contributed by atoms with van der Waals surface area (Å²) in [6.45, 7) is 0. The SMILES string of the molecule is CNC(=O)C(O)C(c1ccccc1)N(C)c1ccccc1Cl. The third-order valence-corrected chi connectivity index (χ3v) is 3.92. The van der Waals surface area contributed by atoms with Crippen LogP contribution in [-0.4, -0.2) is 31.2 Å². The van der Waals surface area contributed by atoms with E-state index in [1.807, 2.05) is 60.5 Å². The van der Waals surface area contributed by atoms with Gasteiger partial charge in [-0.25, -0.2) is 0 Å². The maximum Gasteiger partial charge on any atom is 0.251 e. The fourth-order valence-corrected chi connectivity index (χ4v) is 2.72. The van der Waals surface area contributed by atoms with Gasteiger partial charge in [0.15, 0.2) is 6.10 Å². The van der Waals surface area contributed by atoms with E-state index in [0.717, 1.165) is 11.3 Å². The second kappa shape index (κ2) is 7.29. The minimum Gasteiger partial charge on any atom is -0.381 e. The third kappa shape index (κ3) is 3.40. The first-order chi connectivity index (χ1) is 10.6. The summed E-state index contributed by atoms with van der Waals surface area (Å²) in [6, 6.07) is 16.2. The smallest absolute Gasteiger partial charge is 0.251 e. The fourth-order valence-electron chi connectivity index (χ4n) is 2.45. The molecule has 0 aliphatic carbocycles. The molecule has 0 saturated carbocycles. The number of amides is 1. The monoisotopic (exact) mass is 318 g/mol. The van der Waals surface area contributed by atoms with Gasteiger partial charge in [0.1, 0.15) is 0 Å². The highest BCUT2D eigenvalue weighted by Crippen LogP contribution is 2.33. The Labute approximate surface area is 135 Å². The molecule has 2 aromatic carbocycles. The summed E-state index contributed by atoms with van der Waals surface area (Å²) in [7, 11) is 3.31. The van der Waals surface area contributed by atoms with Crippen LogP contribution in [0.15, 0.2) is 54.6 Å². The lowest BCUT2D eigenvalue weighted by atomic mass is 9.98. The van der Waals surface area contributed by atoms with E-state index in [2.05, 4.69) is 5.32 Å². The van der Waals surface area contributed by atoms with Crippen molar-refractivity contribution in [1.82, 2.24) is 5.32 Å². The molecule has 0 aliphatic heterocycles. The second-order valence-corrected chi connectivity index (χ2v) is 5.38. The van der Waals surface area contributed by atoms with E-state index < -0.39 is 18.1 Å². The normalized spacial score (nSPS) is 13.3. The molecule has 0 spiro atoms. The van der Waals surface area contributed by atoms with Crippen LogP contribution in [0.1, 0.15) is 11.6 Å². The molecule has 0 saturated heterocycles. The van der Waals surface area contributed by atoms with Crippen LogP contribution in [0.5, 0.6) is 0 Å². The highest BCUT2D eigenvalue weighted by Gasteiger charge is 2.31. The van der Waals surface area contributed by atoms with Crippen molar-refractivity contribution in [1.29, 1.82) is 0 Å². The van der Waals surface area contributed by atoms with E-state index in [1.54, 1.807) is 6.07 Å². The molecular formula is C17H19ClN2O2. The van der Waals surface area contributed by atoms with Gasteiger partial charge in [-0.1, -0.05) is 54.1 Å². The minimum atomic E-state index is -1.21. The Morgan fingerprint density at radius 1 is 1.14 bits per heavy atom. The Kier molecular flexibility index (Phi) is 5.41. The summed E-state index contributed by atoms with van der Waals surface area (Å²) >= 11 is 6.24. The molecule has 2 N–H and O–H groups in total. The lowest BCUT2D eigenvalue weighted by molar-refractivity contribution is -0.129. The highest BCUT2D eigenvalue weighted by molar-refractivity contribution is 6.33. The van der Waals surface area contributed by atoms with Crippen molar-refractivity contribution < 1.29 is 9.90 Å². The van der Waals surface area contributed by atoms with Crippen molar-refractivity contribution >= 4 is 23.2 Å². The number of rotatable bonds is 5. The molecule has 0 radical (unpaired) electrons. The lowest BCUT2D eigenvalue weighted by Gasteiger charge is -2.33. The molecule has 0 fully saturated rings. The van der Waals surface area contributed by atoms with Gasteiger partial charge in [-0.15, -0.1) is 0 Å². The highest BCUT2D eigenvalue weighted by atomic mass is 35.5. The van der Waals surface area contributed by atoms with Gasteiger partial charge in [-0.3, -0.25) is 4.79 Å². The van der Waals surface area contributed by atoms with E-state index >= 15 is 0 Å². The van der Waals surface area contributed by atoms with Gasteiger partial charge in [-0.2, -0.15) is 0 Å². The molecule has 2 aromatic rings. The Hall–Kier alpha value is -2.04. The fraction of sp³-hybridized carbons (Fsp3) is 0.235. The average Bonchev–Trinajstić information content (AvgIpc) is 2.55. The van der Waals surface area contributed by atoms with Gasteiger partial charge in [0, 0.05) is 14.1 Å². The quantitative estimate of drug-likeness (QED) is 0.891. The molecule has 116 valence electrons. The van der Waals surface area contributed by atoms with Crippen LogP contribution < -0.4 is 10.2 Å². The molecule has 2 unspecified atom stereocenters. The Balaban J connectivity index is 2.44. The first-order valence-corrected chi connectivity index (χ1v) is 7.36. The predicted octanol–water partition coefficient (Wildman–Crippen LogP) is 2.62. The topological polar surface area (TPSA) is 52.6 Å². The van der Waals surface area contributed by atoms with E-state index in [1.165, 1.54) is 7.05 Å². The molecule has 22 heavy (non-hydrogen) atoms. The number of aliphatic hydroxyl groups is 1. The summed E-state index contributed by atoms with van der Waals surface area (Å²) in [5.74, 6) is -0.437. The number of carbonyl (C=O) groups is 1. The zero-order valence-electron chi connectivity index (χ0n) is 12.5. The summed E-state index contributed by atoms with van der Waals surface area (Å²) in [5, 5.41) is 13.5.